The lowest BCUT2D eigenvalue weighted by molar-refractivity contribution is -0.119. The van der Waals surface area contributed by atoms with Crippen LogP contribution in [0.15, 0.2) is 66.9 Å². The zero-order valence-corrected chi connectivity index (χ0v) is 16.4. The van der Waals surface area contributed by atoms with Crippen LogP contribution in [-0.4, -0.2) is 23.5 Å². The summed E-state index contributed by atoms with van der Waals surface area (Å²) in [5.41, 5.74) is 2.11. The molecule has 0 spiro atoms. The number of rotatable bonds is 7. The third-order valence-corrected chi connectivity index (χ3v) is 4.20. The molecule has 3 rings (SSSR count). The Morgan fingerprint density at radius 1 is 1.11 bits per heavy atom. The van der Waals surface area contributed by atoms with Gasteiger partial charge in [-0.15, -0.1) is 0 Å². The predicted octanol–water partition coefficient (Wildman–Crippen LogP) is 5.10. The summed E-state index contributed by atoms with van der Waals surface area (Å²) in [5.74, 6) is 1.46. The molecule has 0 saturated carbocycles. The van der Waals surface area contributed by atoms with E-state index in [9.17, 15) is 4.79 Å². The van der Waals surface area contributed by atoms with Crippen LogP contribution in [-0.2, 0) is 4.79 Å². The fourth-order valence-corrected chi connectivity index (χ4v) is 2.85. The molecule has 1 heterocycles. The zero-order chi connectivity index (χ0) is 19.9. The van der Waals surface area contributed by atoms with Crippen molar-refractivity contribution in [3.05, 3.63) is 71.9 Å². The molecule has 0 saturated heterocycles. The van der Waals surface area contributed by atoms with Gasteiger partial charge in [-0.2, -0.15) is 0 Å². The SMILES string of the molecule is CC(=O)NC(C)COc1ccc(Oc2ccc(-c3ccccc3)cc2Cl)cn1. The Morgan fingerprint density at radius 3 is 2.54 bits per heavy atom. The van der Waals surface area contributed by atoms with Crippen LogP contribution in [0.5, 0.6) is 17.4 Å². The molecule has 5 nitrogen and oxygen atoms in total. The Morgan fingerprint density at radius 2 is 1.89 bits per heavy atom. The van der Waals surface area contributed by atoms with E-state index < -0.39 is 0 Å². The lowest BCUT2D eigenvalue weighted by Gasteiger charge is -2.13. The summed E-state index contributed by atoms with van der Waals surface area (Å²) in [5, 5.41) is 3.27. The summed E-state index contributed by atoms with van der Waals surface area (Å²) in [6.45, 7) is 3.66. The highest BCUT2D eigenvalue weighted by Gasteiger charge is 2.08. The van der Waals surface area contributed by atoms with E-state index in [4.69, 9.17) is 21.1 Å². The molecule has 1 unspecified atom stereocenters. The number of nitrogens with one attached hydrogen (secondary N) is 1. The van der Waals surface area contributed by atoms with Gasteiger partial charge in [-0.3, -0.25) is 4.79 Å². The second-order valence-electron chi connectivity index (χ2n) is 6.36. The molecule has 2 aromatic carbocycles. The molecule has 0 aliphatic heterocycles. The highest BCUT2D eigenvalue weighted by atomic mass is 35.5. The molecule has 1 aromatic heterocycles. The van der Waals surface area contributed by atoms with Crippen LogP contribution in [0, 0.1) is 0 Å². The van der Waals surface area contributed by atoms with Crippen molar-refractivity contribution in [3.63, 3.8) is 0 Å². The number of carbonyl (C=O) groups excluding carboxylic acids is 1. The van der Waals surface area contributed by atoms with Crippen LogP contribution < -0.4 is 14.8 Å². The van der Waals surface area contributed by atoms with Crippen molar-refractivity contribution in [1.82, 2.24) is 10.3 Å². The Balaban J connectivity index is 1.62. The van der Waals surface area contributed by atoms with Gasteiger partial charge in [-0.1, -0.05) is 48.0 Å². The van der Waals surface area contributed by atoms with Crippen molar-refractivity contribution < 1.29 is 14.3 Å². The summed E-state index contributed by atoms with van der Waals surface area (Å²) >= 11 is 6.38. The van der Waals surface area contributed by atoms with Crippen LogP contribution in [0.2, 0.25) is 5.02 Å². The molecule has 144 valence electrons. The first-order valence-electron chi connectivity index (χ1n) is 8.90. The van der Waals surface area contributed by atoms with Crippen molar-refractivity contribution in [3.8, 4) is 28.5 Å². The molecule has 6 heteroatoms. The van der Waals surface area contributed by atoms with Crippen molar-refractivity contribution in [2.24, 2.45) is 0 Å². The van der Waals surface area contributed by atoms with Gasteiger partial charge in [-0.25, -0.2) is 4.98 Å². The number of pyridine rings is 1. The molecule has 0 radical (unpaired) electrons. The van der Waals surface area contributed by atoms with E-state index in [-0.39, 0.29) is 11.9 Å². The third-order valence-electron chi connectivity index (χ3n) is 3.91. The number of ether oxygens (including phenoxy) is 2. The van der Waals surface area contributed by atoms with Gasteiger partial charge in [0.05, 0.1) is 17.3 Å². The van der Waals surface area contributed by atoms with E-state index in [2.05, 4.69) is 10.3 Å². The summed E-state index contributed by atoms with van der Waals surface area (Å²) < 4.78 is 11.4. The number of nitrogens with zero attached hydrogens (tertiary/aromatic N) is 1. The first-order chi connectivity index (χ1) is 13.5. The molecule has 1 amide bonds. The van der Waals surface area contributed by atoms with E-state index in [1.165, 1.54) is 6.92 Å². The van der Waals surface area contributed by atoms with Gasteiger partial charge in [0.25, 0.3) is 0 Å². The minimum absolute atomic E-state index is 0.0945. The molecular weight excluding hydrogens is 376 g/mol. The summed E-state index contributed by atoms with van der Waals surface area (Å²) in [6.07, 6.45) is 1.57. The maximum Gasteiger partial charge on any atom is 0.217 e. The van der Waals surface area contributed by atoms with Crippen molar-refractivity contribution in [2.75, 3.05) is 6.61 Å². The van der Waals surface area contributed by atoms with Crippen LogP contribution >= 0.6 is 11.6 Å². The maximum atomic E-state index is 11.0. The van der Waals surface area contributed by atoms with E-state index in [1.807, 2.05) is 55.5 Å². The quantitative estimate of drug-likeness (QED) is 0.603. The summed E-state index contributed by atoms with van der Waals surface area (Å²) in [7, 11) is 0. The van der Waals surface area contributed by atoms with Gasteiger partial charge < -0.3 is 14.8 Å². The summed E-state index contributed by atoms with van der Waals surface area (Å²) in [4.78, 5) is 15.2. The first kappa shape index (κ1) is 19.7. The van der Waals surface area contributed by atoms with Crippen LogP contribution in [0.3, 0.4) is 0 Å². The van der Waals surface area contributed by atoms with Gasteiger partial charge >= 0.3 is 0 Å². The van der Waals surface area contributed by atoms with E-state index in [0.717, 1.165) is 11.1 Å². The molecule has 3 aromatic rings. The Hall–Kier alpha value is -3.05. The highest BCUT2D eigenvalue weighted by Crippen LogP contribution is 2.33. The lowest BCUT2D eigenvalue weighted by atomic mass is 10.1. The first-order valence-corrected chi connectivity index (χ1v) is 9.28. The average Bonchev–Trinajstić information content (AvgIpc) is 2.69. The standard InChI is InChI=1S/C22H21ClN2O3/c1-15(25-16(2)26)14-27-22-11-9-19(13-24-22)28-21-10-8-18(12-20(21)23)17-6-4-3-5-7-17/h3-13,15H,14H2,1-2H3,(H,25,26). The van der Waals surface area contributed by atoms with Crippen LogP contribution in [0.4, 0.5) is 0 Å². The van der Waals surface area contributed by atoms with Crippen molar-refractivity contribution >= 4 is 17.5 Å². The fraction of sp³-hybridized carbons (Fsp3) is 0.182. The number of amides is 1. The maximum absolute atomic E-state index is 11.0. The normalized spacial score (nSPS) is 11.5. The van der Waals surface area contributed by atoms with Gasteiger partial charge in [0, 0.05) is 13.0 Å². The minimum Gasteiger partial charge on any atom is -0.475 e. The molecule has 0 aliphatic rings. The monoisotopic (exact) mass is 396 g/mol. The number of carbonyl (C=O) groups is 1. The lowest BCUT2D eigenvalue weighted by Crippen LogP contribution is -2.35. The summed E-state index contributed by atoms with van der Waals surface area (Å²) in [6, 6.07) is 19.0. The number of hydrogen-bond acceptors (Lipinski definition) is 4. The largest absolute Gasteiger partial charge is 0.475 e. The van der Waals surface area contributed by atoms with E-state index >= 15 is 0 Å². The molecule has 0 bridgehead atoms. The number of halogens is 1. The highest BCUT2D eigenvalue weighted by molar-refractivity contribution is 6.32. The molecule has 0 fully saturated rings. The van der Waals surface area contributed by atoms with Gasteiger partial charge in [0.2, 0.25) is 11.8 Å². The van der Waals surface area contributed by atoms with Gasteiger partial charge in [0.15, 0.2) is 0 Å². The molecule has 1 N–H and O–H groups in total. The van der Waals surface area contributed by atoms with Crippen LogP contribution in [0.1, 0.15) is 13.8 Å². The van der Waals surface area contributed by atoms with Crippen molar-refractivity contribution in [2.45, 2.75) is 19.9 Å². The molecule has 1 atom stereocenters. The van der Waals surface area contributed by atoms with Gasteiger partial charge in [0.1, 0.15) is 18.1 Å². The van der Waals surface area contributed by atoms with E-state index in [1.54, 1.807) is 18.3 Å². The third kappa shape index (κ3) is 5.47. The fourth-order valence-electron chi connectivity index (χ4n) is 2.63. The predicted molar refractivity (Wildman–Crippen MR) is 110 cm³/mol. The molecular formula is C22H21ClN2O3. The Kier molecular flexibility index (Phi) is 6.50. The molecule has 0 aliphatic carbocycles. The smallest absolute Gasteiger partial charge is 0.217 e. The topological polar surface area (TPSA) is 60.5 Å². The number of hydrogen-bond donors (Lipinski definition) is 1. The zero-order valence-electron chi connectivity index (χ0n) is 15.7. The van der Waals surface area contributed by atoms with Crippen LogP contribution in [0.25, 0.3) is 11.1 Å². The second kappa shape index (κ2) is 9.24. The average molecular weight is 397 g/mol. The number of aromatic nitrogens is 1. The molecule has 28 heavy (non-hydrogen) atoms. The Labute approximate surface area is 169 Å². The Bertz CT molecular complexity index is 930. The van der Waals surface area contributed by atoms with E-state index in [0.29, 0.717) is 29.0 Å². The minimum atomic E-state index is -0.0998. The van der Waals surface area contributed by atoms with Crippen molar-refractivity contribution in [1.29, 1.82) is 0 Å². The van der Waals surface area contributed by atoms with Gasteiger partial charge in [-0.05, 0) is 36.2 Å². The second-order valence-corrected chi connectivity index (χ2v) is 6.77. The number of benzene rings is 2.